The summed E-state index contributed by atoms with van der Waals surface area (Å²) in [6.45, 7) is 6.25. The molecule has 2 heterocycles. The van der Waals surface area contributed by atoms with E-state index in [4.69, 9.17) is 18.9 Å². The standard InChI is InChI=1S/C27H46O5/c1-3-4-9-19(2)12-13-23(31-25-10-5-7-14-29-25)27-22-18-21(28)16-20(22)17-24(27)32-26-11-6-8-15-30-26/h19-20,22-27H,3-18H2,1-2H3/t19?,20-,22-,23?,24+,25?,26?,27+/m0/s1. The van der Waals surface area contributed by atoms with Crippen LogP contribution in [-0.4, -0.2) is 43.8 Å². The maximum absolute atomic E-state index is 12.4. The molecule has 0 N–H and O–H groups in total. The number of hydrogen-bond acceptors (Lipinski definition) is 5. The molecule has 32 heavy (non-hydrogen) atoms. The van der Waals surface area contributed by atoms with E-state index in [0.29, 0.717) is 30.0 Å². The van der Waals surface area contributed by atoms with Gasteiger partial charge < -0.3 is 18.9 Å². The Hall–Kier alpha value is -0.490. The number of carbonyl (C=O) groups excluding carboxylic acids is 1. The summed E-state index contributed by atoms with van der Waals surface area (Å²) in [5, 5.41) is 0. The van der Waals surface area contributed by atoms with E-state index in [2.05, 4.69) is 13.8 Å². The van der Waals surface area contributed by atoms with Crippen molar-refractivity contribution in [1.29, 1.82) is 0 Å². The topological polar surface area (TPSA) is 54.0 Å². The summed E-state index contributed by atoms with van der Waals surface area (Å²) < 4.78 is 25.3. The number of carbonyl (C=O) groups is 1. The van der Waals surface area contributed by atoms with Crippen LogP contribution < -0.4 is 0 Å². The average Bonchev–Trinajstić information content (AvgIpc) is 3.31. The number of rotatable bonds is 11. The highest BCUT2D eigenvalue weighted by Gasteiger charge is 2.52. The molecule has 0 aromatic rings. The van der Waals surface area contributed by atoms with Crippen LogP contribution in [0.5, 0.6) is 0 Å². The second kappa shape index (κ2) is 12.3. The summed E-state index contributed by atoms with van der Waals surface area (Å²) >= 11 is 0. The lowest BCUT2D eigenvalue weighted by Crippen LogP contribution is -2.41. The van der Waals surface area contributed by atoms with Gasteiger partial charge in [-0.2, -0.15) is 0 Å². The predicted molar refractivity (Wildman–Crippen MR) is 124 cm³/mol. The average molecular weight is 451 g/mol. The van der Waals surface area contributed by atoms with Crippen molar-refractivity contribution in [2.24, 2.45) is 23.7 Å². The molecule has 2 aliphatic carbocycles. The van der Waals surface area contributed by atoms with Gasteiger partial charge in [-0.3, -0.25) is 4.79 Å². The molecule has 0 spiro atoms. The SMILES string of the molecule is CCCCC(C)CCC(OC1CCCCO1)[C@H]1[C@H]2CC(=O)C[C@H]2C[C@H]1OC1CCCCO1. The molecule has 4 unspecified atom stereocenters. The van der Waals surface area contributed by atoms with Gasteiger partial charge in [0.15, 0.2) is 12.6 Å². The smallest absolute Gasteiger partial charge is 0.157 e. The molecular weight excluding hydrogens is 404 g/mol. The Kier molecular flexibility index (Phi) is 9.45. The van der Waals surface area contributed by atoms with Crippen LogP contribution in [0.4, 0.5) is 0 Å². The van der Waals surface area contributed by atoms with E-state index in [1.807, 2.05) is 0 Å². The number of ketones is 1. The van der Waals surface area contributed by atoms with E-state index in [1.54, 1.807) is 0 Å². The van der Waals surface area contributed by atoms with Crippen molar-refractivity contribution < 1.29 is 23.7 Å². The molecule has 0 bridgehead atoms. The van der Waals surface area contributed by atoms with Gasteiger partial charge in [0.1, 0.15) is 5.78 Å². The normalized spacial score (nSPS) is 37.4. The fourth-order valence-electron chi connectivity index (χ4n) is 6.58. The zero-order chi connectivity index (χ0) is 22.3. The number of Topliss-reactive ketones (excluding diaryl/α,β-unsaturated/α-hetero) is 1. The van der Waals surface area contributed by atoms with Crippen molar-refractivity contribution >= 4 is 5.78 Å². The van der Waals surface area contributed by atoms with Crippen molar-refractivity contribution in [3.63, 3.8) is 0 Å². The highest BCUT2D eigenvalue weighted by molar-refractivity contribution is 5.81. The zero-order valence-corrected chi connectivity index (χ0v) is 20.5. The lowest BCUT2D eigenvalue weighted by Gasteiger charge is -2.37. The monoisotopic (exact) mass is 450 g/mol. The third kappa shape index (κ3) is 6.55. The Morgan fingerprint density at radius 3 is 2.41 bits per heavy atom. The summed E-state index contributed by atoms with van der Waals surface area (Å²) in [6, 6.07) is 0. The number of unbranched alkanes of at least 4 members (excludes halogenated alkanes) is 1. The molecule has 0 aromatic carbocycles. The molecule has 4 rings (SSSR count). The van der Waals surface area contributed by atoms with Crippen LogP contribution in [0.1, 0.15) is 104 Å². The summed E-state index contributed by atoms with van der Waals surface area (Å²) in [5.74, 6) is 2.27. The first kappa shape index (κ1) is 24.6. The minimum absolute atomic E-state index is 0.0826. The van der Waals surface area contributed by atoms with Crippen molar-refractivity contribution in [2.45, 2.75) is 129 Å². The van der Waals surface area contributed by atoms with Gasteiger partial charge in [0.05, 0.1) is 12.2 Å². The molecule has 0 amide bonds. The van der Waals surface area contributed by atoms with E-state index in [9.17, 15) is 4.79 Å². The van der Waals surface area contributed by atoms with Gasteiger partial charge in [0.25, 0.3) is 0 Å². The quantitative estimate of drug-likeness (QED) is 0.384. The zero-order valence-electron chi connectivity index (χ0n) is 20.5. The summed E-state index contributed by atoms with van der Waals surface area (Å²) in [6.07, 6.45) is 15.1. The van der Waals surface area contributed by atoms with Crippen LogP contribution in [0.15, 0.2) is 0 Å². The Bertz CT molecular complexity index is 568. The van der Waals surface area contributed by atoms with Crippen LogP contribution in [0, 0.1) is 23.7 Å². The highest BCUT2D eigenvalue weighted by atomic mass is 16.7. The van der Waals surface area contributed by atoms with Crippen LogP contribution in [0.2, 0.25) is 0 Å². The van der Waals surface area contributed by atoms with Crippen molar-refractivity contribution in [3.05, 3.63) is 0 Å². The molecule has 5 nitrogen and oxygen atoms in total. The van der Waals surface area contributed by atoms with E-state index in [-0.39, 0.29) is 30.7 Å². The van der Waals surface area contributed by atoms with E-state index >= 15 is 0 Å². The summed E-state index contributed by atoms with van der Waals surface area (Å²) in [4.78, 5) is 12.4. The minimum Gasteiger partial charge on any atom is -0.353 e. The first-order valence-corrected chi connectivity index (χ1v) is 13.7. The fraction of sp³-hybridized carbons (Fsp3) is 0.963. The maximum Gasteiger partial charge on any atom is 0.157 e. The molecule has 2 saturated carbocycles. The number of ether oxygens (including phenoxy) is 4. The first-order chi connectivity index (χ1) is 15.6. The largest absolute Gasteiger partial charge is 0.353 e. The minimum atomic E-state index is -0.0950. The Morgan fingerprint density at radius 2 is 1.72 bits per heavy atom. The highest BCUT2D eigenvalue weighted by Crippen LogP contribution is 2.51. The third-order valence-electron chi connectivity index (χ3n) is 8.37. The van der Waals surface area contributed by atoms with Gasteiger partial charge in [-0.25, -0.2) is 0 Å². The van der Waals surface area contributed by atoms with Gasteiger partial charge in [0.2, 0.25) is 0 Å². The Balaban J connectivity index is 1.47. The molecule has 4 aliphatic rings. The molecule has 5 heteroatoms. The maximum atomic E-state index is 12.4. The lowest BCUT2D eigenvalue weighted by atomic mass is 9.83. The molecular formula is C27H46O5. The van der Waals surface area contributed by atoms with Gasteiger partial charge >= 0.3 is 0 Å². The van der Waals surface area contributed by atoms with Gasteiger partial charge in [0, 0.05) is 32.0 Å². The summed E-state index contributed by atoms with van der Waals surface area (Å²) in [7, 11) is 0. The second-order valence-corrected chi connectivity index (χ2v) is 10.9. The van der Waals surface area contributed by atoms with Gasteiger partial charge in [-0.05, 0) is 75.5 Å². The van der Waals surface area contributed by atoms with Crippen molar-refractivity contribution in [1.82, 2.24) is 0 Å². The molecule has 8 atom stereocenters. The Morgan fingerprint density at radius 1 is 0.969 bits per heavy atom. The lowest BCUT2D eigenvalue weighted by molar-refractivity contribution is -0.232. The fourth-order valence-corrected chi connectivity index (χ4v) is 6.58. The van der Waals surface area contributed by atoms with E-state index in [1.165, 1.54) is 38.5 Å². The predicted octanol–water partition coefficient (Wildman–Crippen LogP) is 6.03. The number of fused-ring (bicyclic) bond motifs is 1. The van der Waals surface area contributed by atoms with Crippen LogP contribution in [-0.2, 0) is 23.7 Å². The van der Waals surface area contributed by atoms with E-state index < -0.39 is 0 Å². The van der Waals surface area contributed by atoms with Crippen molar-refractivity contribution in [2.75, 3.05) is 13.2 Å². The molecule has 2 saturated heterocycles. The molecule has 0 radical (unpaired) electrons. The van der Waals surface area contributed by atoms with Crippen LogP contribution in [0.25, 0.3) is 0 Å². The Labute approximate surface area is 195 Å². The molecule has 4 fully saturated rings. The van der Waals surface area contributed by atoms with Crippen molar-refractivity contribution in [3.8, 4) is 0 Å². The third-order valence-corrected chi connectivity index (χ3v) is 8.37. The second-order valence-electron chi connectivity index (χ2n) is 10.9. The molecule has 184 valence electrons. The first-order valence-electron chi connectivity index (χ1n) is 13.7. The van der Waals surface area contributed by atoms with Gasteiger partial charge in [-0.15, -0.1) is 0 Å². The number of hydrogen-bond donors (Lipinski definition) is 0. The van der Waals surface area contributed by atoms with Crippen LogP contribution >= 0.6 is 0 Å². The van der Waals surface area contributed by atoms with Crippen LogP contribution in [0.3, 0.4) is 0 Å². The summed E-state index contributed by atoms with van der Waals surface area (Å²) in [5.41, 5.74) is 0. The van der Waals surface area contributed by atoms with Gasteiger partial charge in [-0.1, -0.05) is 33.1 Å². The molecule has 0 aromatic heterocycles. The molecule has 2 aliphatic heterocycles. The van der Waals surface area contributed by atoms with E-state index in [0.717, 1.165) is 58.2 Å².